The number of carboxylic acids is 4. The van der Waals surface area contributed by atoms with Crippen molar-refractivity contribution in [2.75, 3.05) is 26.2 Å². The Kier molecular flexibility index (Phi) is 10.1. The zero-order valence-electron chi connectivity index (χ0n) is 27.0. The summed E-state index contributed by atoms with van der Waals surface area (Å²) in [5, 5.41) is 38.3. The van der Waals surface area contributed by atoms with Crippen molar-refractivity contribution in [3.8, 4) is 23.0 Å². The second kappa shape index (κ2) is 14.3. The van der Waals surface area contributed by atoms with Crippen molar-refractivity contribution < 1.29 is 72.9 Å². The van der Waals surface area contributed by atoms with Crippen molar-refractivity contribution in [1.29, 1.82) is 0 Å². The molecule has 17 nitrogen and oxygen atoms in total. The molecule has 1 spiro atoms. The molecule has 2 aliphatic heterocycles. The van der Waals surface area contributed by atoms with E-state index in [2.05, 4.69) is 0 Å². The van der Waals surface area contributed by atoms with E-state index in [4.69, 9.17) is 18.9 Å². The average Bonchev–Trinajstić information content (AvgIpc) is 3.30. The van der Waals surface area contributed by atoms with Gasteiger partial charge in [-0.15, -0.1) is 0 Å². The van der Waals surface area contributed by atoms with Crippen LogP contribution < -0.4 is 14.2 Å². The van der Waals surface area contributed by atoms with Crippen LogP contribution in [0.25, 0.3) is 0 Å². The number of fused-ring (bicyclic) bond motifs is 6. The first-order chi connectivity index (χ1) is 24.1. The molecule has 3 aromatic carbocycles. The van der Waals surface area contributed by atoms with Crippen molar-refractivity contribution >= 4 is 41.8 Å². The molecule has 0 saturated heterocycles. The minimum Gasteiger partial charge on any atom is -0.480 e. The first-order valence-electron chi connectivity index (χ1n) is 15.1. The van der Waals surface area contributed by atoms with Gasteiger partial charge in [0.05, 0.1) is 42.9 Å². The fourth-order valence-corrected chi connectivity index (χ4v) is 6.22. The number of hydrogen-bond donors (Lipinski definition) is 4. The predicted molar refractivity (Wildman–Crippen MR) is 168 cm³/mol. The molecule has 0 fully saturated rings. The molecule has 4 N–H and O–H groups in total. The van der Waals surface area contributed by atoms with Gasteiger partial charge in [0.1, 0.15) is 23.0 Å². The second-order valence-electron chi connectivity index (χ2n) is 11.6. The number of nitrogens with zero attached hydrogens (tertiary/aromatic N) is 2. The summed E-state index contributed by atoms with van der Waals surface area (Å²) in [4.78, 5) is 87.1. The molecule has 2 heterocycles. The molecule has 0 atom stereocenters. The Morgan fingerprint density at radius 3 is 1.43 bits per heavy atom. The fraction of sp³-hybridized carbons (Fsp3) is 0.265. The lowest BCUT2D eigenvalue weighted by molar-refractivity contribution is -0.144. The third kappa shape index (κ3) is 7.34. The van der Waals surface area contributed by atoms with Crippen LogP contribution in [-0.2, 0) is 52.2 Å². The highest BCUT2D eigenvalue weighted by Gasteiger charge is 2.55. The molecule has 17 heteroatoms. The van der Waals surface area contributed by atoms with Gasteiger partial charge in [-0.3, -0.25) is 38.6 Å². The SMILES string of the molecule is CC(=O)Oc1ccc2c(c1CN(CC(=O)O)CC(=O)O)Oc1c(ccc(OC(C)=O)c1CN(CC(=O)O)CC(=O)O)C21OC(=O)c2ccccc21. The summed E-state index contributed by atoms with van der Waals surface area (Å²) < 4.78 is 23.6. The van der Waals surface area contributed by atoms with Crippen molar-refractivity contribution in [2.45, 2.75) is 32.5 Å². The van der Waals surface area contributed by atoms with E-state index in [1.54, 1.807) is 18.2 Å². The molecular formula is C34H30N2O15. The summed E-state index contributed by atoms with van der Waals surface area (Å²) in [6.45, 7) is -1.85. The van der Waals surface area contributed by atoms with Crippen molar-refractivity contribution in [3.63, 3.8) is 0 Å². The molecule has 5 rings (SSSR count). The minimum atomic E-state index is -1.83. The lowest BCUT2D eigenvalue weighted by Gasteiger charge is -2.39. The molecule has 51 heavy (non-hydrogen) atoms. The number of hydrogen-bond acceptors (Lipinski definition) is 13. The maximum absolute atomic E-state index is 13.5. The molecule has 0 unspecified atom stereocenters. The first-order valence-corrected chi connectivity index (χ1v) is 15.1. The Hall–Kier alpha value is -6.33. The maximum Gasteiger partial charge on any atom is 0.340 e. The molecule has 0 amide bonds. The molecule has 0 aliphatic carbocycles. The van der Waals surface area contributed by atoms with Gasteiger partial charge in [0.15, 0.2) is 5.60 Å². The molecule has 266 valence electrons. The number of carboxylic acid groups (broad SMARTS) is 4. The molecule has 3 aromatic rings. The maximum atomic E-state index is 13.5. The summed E-state index contributed by atoms with van der Waals surface area (Å²) in [7, 11) is 0. The van der Waals surface area contributed by atoms with Gasteiger partial charge in [-0.05, 0) is 30.3 Å². The summed E-state index contributed by atoms with van der Waals surface area (Å²) in [5.41, 5.74) is -1.12. The number of carbonyl (C=O) groups excluding carboxylic acids is 3. The van der Waals surface area contributed by atoms with Crippen LogP contribution in [0.2, 0.25) is 0 Å². The lowest BCUT2D eigenvalue weighted by atomic mass is 9.76. The standard InChI is InChI=1S/C34H30N2O15/c1-17(37)48-25-9-7-23-31(20(25)11-35(13-27(39)40)14-28(41)42)50-32-21(12-36(15-29(43)44)16-30(45)46)26(49-18(2)38)10-8-24(32)34(23)22-6-4-3-5-19(22)33(47)51-34/h3-10H,11-16H2,1-2H3,(H,39,40)(H,41,42)(H,43,44)(H,45,46). The predicted octanol–water partition coefficient (Wildman–Crippen LogP) is 2.05. The Balaban J connectivity index is 1.86. The number of esters is 3. The van der Waals surface area contributed by atoms with E-state index in [1.807, 2.05) is 0 Å². The van der Waals surface area contributed by atoms with Crippen LogP contribution in [0.3, 0.4) is 0 Å². The monoisotopic (exact) mass is 706 g/mol. The van der Waals surface area contributed by atoms with E-state index in [-0.39, 0.29) is 50.8 Å². The smallest absolute Gasteiger partial charge is 0.340 e. The third-order valence-corrected chi connectivity index (χ3v) is 7.88. The highest BCUT2D eigenvalue weighted by atomic mass is 16.6. The Morgan fingerprint density at radius 2 is 1.04 bits per heavy atom. The van der Waals surface area contributed by atoms with Crippen LogP contribution in [0, 0.1) is 0 Å². The third-order valence-electron chi connectivity index (χ3n) is 7.88. The number of carbonyl (C=O) groups is 7. The Morgan fingerprint density at radius 1 is 0.627 bits per heavy atom. The highest BCUT2D eigenvalue weighted by molar-refractivity contribution is 5.97. The van der Waals surface area contributed by atoms with E-state index in [0.29, 0.717) is 5.56 Å². The average molecular weight is 707 g/mol. The zero-order chi connectivity index (χ0) is 37.2. The van der Waals surface area contributed by atoms with Gasteiger partial charge in [0.2, 0.25) is 0 Å². The van der Waals surface area contributed by atoms with Crippen LogP contribution in [0.15, 0.2) is 48.5 Å². The van der Waals surface area contributed by atoms with E-state index >= 15 is 0 Å². The van der Waals surface area contributed by atoms with Crippen molar-refractivity contribution in [2.24, 2.45) is 0 Å². The van der Waals surface area contributed by atoms with E-state index in [1.165, 1.54) is 30.3 Å². The first kappa shape index (κ1) is 36.0. The van der Waals surface area contributed by atoms with Gasteiger partial charge in [-0.2, -0.15) is 0 Å². The van der Waals surface area contributed by atoms with Crippen LogP contribution in [0.5, 0.6) is 23.0 Å². The molecule has 0 aromatic heterocycles. The number of aliphatic carboxylic acids is 4. The van der Waals surface area contributed by atoms with Gasteiger partial charge in [-0.25, -0.2) is 4.79 Å². The molecule has 0 saturated carbocycles. The topological polar surface area (TPSA) is 244 Å². The van der Waals surface area contributed by atoms with Gasteiger partial charge < -0.3 is 39.4 Å². The largest absolute Gasteiger partial charge is 0.480 e. The lowest BCUT2D eigenvalue weighted by Crippen LogP contribution is -2.37. The second-order valence-corrected chi connectivity index (χ2v) is 11.6. The van der Waals surface area contributed by atoms with E-state index < -0.39 is 86.7 Å². The van der Waals surface area contributed by atoms with E-state index in [9.17, 15) is 54.0 Å². The van der Waals surface area contributed by atoms with Gasteiger partial charge in [0.25, 0.3) is 0 Å². The quantitative estimate of drug-likeness (QED) is 0.138. The Bertz CT molecular complexity index is 1850. The molecular weight excluding hydrogens is 676 g/mol. The van der Waals surface area contributed by atoms with Gasteiger partial charge in [-0.1, -0.05) is 18.2 Å². The number of ether oxygens (including phenoxy) is 4. The van der Waals surface area contributed by atoms with Crippen molar-refractivity contribution in [3.05, 3.63) is 81.9 Å². The van der Waals surface area contributed by atoms with Gasteiger partial charge >= 0.3 is 41.8 Å². The fourth-order valence-electron chi connectivity index (χ4n) is 6.22. The summed E-state index contributed by atoms with van der Waals surface area (Å²) >= 11 is 0. The molecule has 0 bridgehead atoms. The normalized spacial score (nSPS) is 13.5. The van der Waals surface area contributed by atoms with E-state index in [0.717, 1.165) is 23.6 Å². The minimum absolute atomic E-state index is 0.0348. The van der Waals surface area contributed by atoms with Crippen LogP contribution in [0.1, 0.15) is 52.0 Å². The number of benzene rings is 3. The Labute approximate surface area is 288 Å². The van der Waals surface area contributed by atoms with Crippen LogP contribution >= 0.6 is 0 Å². The van der Waals surface area contributed by atoms with Crippen LogP contribution in [0.4, 0.5) is 0 Å². The molecule has 2 aliphatic rings. The van der Waals surface area contributed by atoms with Crippen LogP contribution in [-0.4, -0.2) is 98.2 Å². The van der Waals surface area contributed by atoms with Gasteiger partial charge in [0, 0.05) is 43.6 Å². The summed E-state index contributed by atoms with van der Waals surface area (Å²) in [5.74, 6) is -8.46. The van der Waals surface area contributed by atoms with Crippen molar-refractivity contribution in [1.82, 2.24) is 9.80 Å². The summed E-state index contributed by atoms with van der Waals surface area (Å²) in [6.07, 6.45) is 0. The highest BCUT2D eigenvalue weighted by Crippen LogP contribution is 2.59. The summed E-state index contributed by atoms with van der Waals surface area (Å²) in [6, 6.07) is 12.0. The zero-order valence-corrected chi connectivity index (χ0v) is 27.0. The molecule has 0 radical (unpaired) electrons. The number of rotatable bonds is 14.